The number of carbonyl (C=O) groups is 1. The van der Waals surface area contributed by atoms with Crippen molar-refractivity contribution >= 4 is 6.03 Å². The van der Waals surface area contributed by atoms with Gasteiger partial charge >= 0.3 is 6.03 Å². The van der Waals surface area contributed by atoms with Crippen molar-refractivity contribution in [2.24, 2.45) is 0 Å². The quantitative estimate of drug-likeness (QED) is 0.687. The van der Waals surface area contributed by atoms with Gasteiger partial charge in [0.25, 0.3) is 0 Å². The minimum absolute atomic E-state index is 0.0444. The number of amides is 2. The van der Waals surface area contributed by atoms with E-state index in [1.807, 2.05) is 20.8 Å². The zero-order valence-corrected chi connectivity index (χ0v) is 10.3. The number of hydrogen-bond donors (Lipinski definition) is 2. The van der Waals surface area contributed by atoms with Crippen LogP contribution in [0.2, 0.25) is 0 Å². The van der Waals surface area contributed by atoms with Crippen LogP contribution in [0.3, 0.4) is 0 Å². The van der Waals surface area contributed by atoms with E-state index in [-0.39, 0.29) is 11.6 Å². The molecule has 1 heterocycles. The fourth-order valence-electron chi connectivity index (χ4n) is 1.71. The highest BCUT2D eigenvalue weighted by Crippen LogP contribution is 2.08. The normalized spacial score (nSPS) is 20.0. The molecule has 4 heteroatoms. The van der Waals surface area contributed by atoms with Gasteiger partial charge in [0, 0.05) is 11.6 Å². The molecule has 0 spiro atoms. The molecular formula is C11H23N3O. The van der Waals surface area contributed by atoms with Crippen LogP contribution in [0.5, 0.6) is 0 Å². The predicted molar refractivity (Wildman–Crippen MR) is 61.9 cm³/mol. The van der Waals surface area contributed by atoms with Crippen LogP contribution in [-0.2, 0) is 0 Å². The Morgan fingerprint density at radius 1 is 1.27 bits per heavy atom. The van der Waals surface area contributed by atoms with Crippen LogP contribution in [0.15, 0.2) is 0 Å². The first-order chi connectivity index (χ1) is 6.87. The van der Waals surface area contributed by atoms with Gasteiger partial charge in [-0.15, -0.1) is 0 Å². The zero-order chi connectivity index (χ0) is 11.5. The van der Waals surface area contributed by atoms with Crippen molar-refractivity contribution in [3.63, 3.8) is 0 Å². The minimum atomic E-state index is -0.157. The van der Waals surface area contributed by atoms with E-state index in [2.05, 4.69) is 22.6 Å². The lowest BCUT2D eigenvalue weighted by Crippen LogP contribution is -2.51. The van der Waals surface area contributed by atoms with Gasteiger partial charge in [-0.25, -0.2) is 4.79 Å². The van der Waals surface area contributed by atoms with E-state index in [1.165, 1.54) is 0 Å². The molecule has 0 aromatic carbocycles. The molecule has 1 aliphatic heterocycles. The van der Waals surface area contributed by atoms with Gasteiger partial charge in [-0.2, -0.15) is 0 Å². The van der Waals surface area contributed by atoms with E-state index in [0.29, 0.717) is 6.04 Å². The molecular weight excluding hydrogens is 190 g/mol. The molecule has 1 aliphatic rings. The largest absolute Gasteiger partial charge is 0.335 e. The van der Waals surface area contributed by atoms with E-state index in [9.17, 15) is 4.79 Å². The molecule has 0 aliphatic carbocycles. The number of rotatable bonds is 1. The zero-order valence-electron chi connectivity index (χ0n) is 10.3. The van der Waals surface area contributed by atoms with Gasteiger partial charge in [-0.1, -0.05) is 0 Å². The first-order valence-corrected chi connectivity index (χ1v) is 5.64. The second-order valence-electron chi connectivity index (χ2n) is 5.43. The highest BCUT2D eigenvalue weighted by atomic mass is 16.2. The second-order valence-corrected chi connectivity index (χ2v) is 5.43. The van der Waals surface area contributed by atoms with Gasteiger partial charge in [0.05, 0.1) is 0 Å². The Balaban J connectivity index is 2.27. The fourth-order valence-corrected chi connectivity index (χ4v) is 1.71. The Bertz CT molecular complexity index is 214. The van der Waals surface area contributed by atoms with Crippen LogP contribution >= 0.6 is 0 Å². The maximum atomic E-state index is 11.6. The second kappa shape index (κ2) is 4.84. The molecule has 1 fully saturated rings. The average Bonchev–Trinajstić information content (AvgIpc) is 2.05. The smallest absolute Gasteiger partial charge is 0.315 e. The van der Waals surface area contributed by atoms with E-state index >= 15 is 0 Å². The third-order valence-electron chi connectivity index (χ3n) is 2.54. The summed E-state index contributed by atoms with van der Waals surface area (Å²) < 4.78 is 0. The SMILES string of the molecule is CN1CCC(NC(=O)NC(C)(C)C)CC1. The number of urea groups is 1. The maximum absolute atomic E-state index is 11.6. The van der Waals surface area contributed by atoms with Gasteiger partial charge in [0.2, 0.25) is 0 Å². The Hall–Kier alpha value is -0.770. The third-order valence-corrected chi connectivity index (χ3v) is 2.54. The van der Waals surface area contributed by atoms with Gasteiger partial charge in [-0.05, 0) is 53.8 Å². The van der Waals surface area contributed by atoms with Crippen LogP contribution in [0.4, 0.5) is 4.79 Å². The number of carbonyl (C=O) groups excluding carboxylic acids is 1. The first kappa shape index (κ1) is 12.3. The van der Waals surface area contributed by atoms with Gasteiger partial charge in [-0.3, -0.25) is 0 Å². The number of hydrogen-bond acceptors (Lipinski definition) is 2. The van der Waals surface area contributed by atoms with Crippen LogP contribution in [0.1, 0.15) is 33.6 Å². The van der Waals surface area contributed by atoms with Crippen molar-refractivity contribution in [1.29, 1.82) is 0 Å². The molecule has 4 nitrogen and oxygen atoms in total. The number of nitrogens with one attached hydrogen (secondary N) is 2. The van der Waals surface area contributed by atoms with Crippen molar-refractivity contribution in [2.45, 2.75) is 45.2 Å². The predicted octanol–water partition coefficient (Wildman–Crippen LogP) is 1.18. The summed E-state index contributed by atoms with van der Waals surface area (Å²) in [5, 5.41) is 5.93. The average molecular weight is 213 g/mol. The van der Waals surface area contributed by atoms with Crippen molar-refractivity contribution in [3.8, 4) is 0 Å². The summed E-state index contributed by atoms with van der Waals surface area (Å²) in [5.41, 5.74) is -0.157. The highest BCUT2D eigenvalue weighted by molar-refractivity contribution is 5.74. The van der Waals surface area contributed by atoms with Crippen LogP contribution < -0.4 is 10.6 Å². The maximum Gasteiger partial charge on any atom is 0.315 e. The Labute approximate surface area is 92.4 Å². The summed E-state index contributed by atoms with van der Waals surface area (Å²) >= 11 is 0. The molecule has 1 rings (SSSR count). The molecule has 2 amide bonds. The Morgan fingerprint density at radius 3 is 2.27 bits per heavy atom. The van der Waals surface area contributed by atoms with E-state index in [0.717, 1.165) is 25.9 Å². The summed E-state index contributed by atoms with van der Waals surface area (Å²) in [6.45, 7) is 8.10. The molecule has 0 bridgehead atoms. The molecule has 0 radical (unpaired) electrons. The van der Waals surface area contributed by atoms with Crippen LogP contribution in [0.25, 0.3) is 0 Å². The minimum Gasteiger partial charge on any atom is -0.335 e. The van der Waals surface area contributed by atoms with Crippen LogP contribution in [-0.4, -0.2) is 42.6 Å². The van der Waals surface area contributed by atoms with Crippen LogP contribution in [0, 0.1) is 0 Å². The van der Waals surface area contributed by atoms with E-state index in [1.54, 1.807) is 0 Å². The summed E-state index contributed by atoms with van der Waals surface area (Å²) in [6, 6.07) is 0.292. The molecule has 0 saturated carbocycles. The number of piperidine rings is 1. The highest BCUT2D eigenvalue weighted by Gasteiger charge is 2.20. The number of nitrogens with zero attached hydrogens (tertiary/aromatic N) is 1. The monoisotopic (exact) mass is 213 g/mol. The van der Waals surface area contributed by atoms with Crippen molar-refractivity contribution in [1.82, 2.24) is 15.5 Å². The van der Waals surface area contributed by atoms with Crippen molar-refractivity contribution in [3.05, 3.63) is 0 Å². The van der Waals surface area contributed by atoms with Gasteiger partial charge in [0.15, 0.2) is 0 Å². The summed E-state index contributed by atoms with van der Waals surface area (Å²) in [4.78, 5) is 13.9. The van der Waals surface area contributed by atoms with E-state index < -0.39 is 0 Å². The Kier molecular flexibility index (Phi) is 3.97. The van der Waals surface area contributed by atoms with E-state index in [4.69, 9.17) is 0 Å². The summed E-state index contributed by atoms with van der Waals surface area (Å²) in [5.74, 6) is 0. The lowest BCUT2D eigenvalue weighted by atomic mass is 10.1. The first-order valence-electron chi connectivity index (χ1n) is 5.64. The molecule has 2 N–H and O–H groups in total. The molecule has 0 aromatic heterocycles. The molecule has 1 saturated heterocycles. The third kappa shape index (κ3) is 5.02. The number of likely N-dealkylation sites (tertiary alicyclic amines) is 1. The van der Waals surface area contributed by atoms with Gasteiger partial charge < -0.3 is 15.5 Å². The van der Waals surface area contributed by atoms with Crippen molar-refractivity contribution in [2.75, 3.05) is 20.1 Å². The standard InChI is InChI=1S/C11H23N3O/c1-11(2,3)13-10(15)12-9-5-7-14(4)8-6-9/h9H,5-8H2,1-4H3,(H2,12,13,15). The topological polar surface area (TPSA) is 44.4 Å². The molecule has 0 aromatic rings. The Morgan fingerprint density at radius 2 is 1.80 bits per heavy atom. The molecule has 88 valence electrons. The van der Waals surface area contributed by atoms with Crippen molar-refractivity contribution < 1.29 is 4.79 Å². The lowest BCUT2D eigenvalue weighted by molar-refractivity contribution is 0.208. The molecule has 0 unspecified atom stereocenters. The fraction of sp³-hybridized carbons (Fsp3) is 0.909. The van der Waals surface area contributed by atoms with Gasteiger partial charge in [0.1, 0.15) is 0 Å². The molecule has 0 atom stereocenters. The lowest BCUT2D eigenvalue weighted by Gasteiger charge is -2.30. The summed E-state index contributed by atoms with van der Waals surface area (Å²) in [7, 11) is 2.12. The summed E-state index contributed by atoms with van der Waals surface area (Å²) in [6.07, 6.45) is 2.10. The molecule has 15 heavy (non-hydrogen) atoms.